The lowest BCUT2D eigenvalue weighted by Gasteiger charge is -2.23. The van der Waals surface area contributed by atoms with Crippen molar-refractivity contribution < 1.29 is 9.84 Å². The van der Waals surface area contributed by atoms with Gasteiger partial charge in [-0.25, -0.2) is 15.8 Å². The normalized spacial score (nSPS) is 10.5. The van der Waals surface area contributed by atoms with E-state index in [0.29, 0.717) is 25.5 Å². The molecule has 0 bridgehead atoms. The fourth-order valence-electron chi connectivity index (χ4n) is 1.72. The molecule has 0 radical (unpaired) electrons. The molecule has 0 aliphatic carbocycles. The van der Waals surface area contributed by atoms with Crippen molar-refractivity contribution in [3.8, 4) is 0 Å². The molecule has 7 heteroatoms. The van der Waals surface area contributed by atoms with Crippen molar-refractivity contribution in [3.63, 3.8) is 0 Å². The molecule has 4 N–H and O–H groups in total. The zero-order valence-electron chi connectivity index (χ0n) is 11.6. The molecule has 7 nitrogen and oxygen atoms in total. The Balaban J connectivity index is 2.95. The van der Waals surface area contributed by atoms with Gasteiger partial charge in [0.1, 0.15) is 17.5 Å². The molecule has 0 saturated heterocycles. The molecule has 1 rings (SSSR count). The average molecular weight is 269 g/mol. The number of hydrazine groups is 1. The van der Waals surface area contributed by atoms with Gasteiger partial charge in [0, 0.05) is 32.7 Å². The van der Waals surface area contributed by atoms with E-state index in [0.717, 1.165) is 24.5 Å². The Morgan fingerprint density at radius 2 is 2.21 bits per heavy atom. The third kappa shape index (κ3) is 4.98. The van der Waals surface area contributed by atoms with E-state index < -0.39 is 0 Å². The average Bonchev–Trinajstić information content (AvgIpc) is 2.43. The van der Waals surface area contributed by atoms with Crippen molar-refractivity contribution >= 4 is 11.6 Å². The zero-order chi connectivity index (χ0) is 14.1. The van der Waals surface area contributed by atoms with Gasteiger partial charge in [0.15, 0.2) is 0 Å². The number of hydrogen-bond donors (Lipinski definition) is 3. The van der Waals surface area contributed by atoms with Crippen molar-refractivity contribution in [1.29, 1.82) is 0 Å². The quantitative estimate of drug-likeness (QED) is 0.434. The van der Waals surface area contributed by atoms with Crippen LogP contribution < -0.4 is 16.2 Å². The fourth-order valence-corrected chi connectivity index (χ4v) is 1.72. The number of nitrogen functional groups attached to an aromatic ring is 1. The predicted octanol–water partition coefficient (Wildman–Crippen LogP) is 0.160. The van der Waals surface area contributed by atoms with E-state index in [1.807, 2.05) is 4.90 Å². The highest BCUT2D eigenvalue weighted by atomic mass is 16.5. The predicted molar refractivity (Wildman–Crippen MR) is 75.0 cm³/mol. The Labute approximate surface area is 113 Å². The van der Waals surface area contributed by atoms with Crippen LogP contribution in [-0.4, -0.2) is 48.5 Å². The van der Waals surface area contributed by atoms with Crippen LogP contribution in [-0.2, 0) is 11.2 Å². The third-order valence-electron chi connectivity index (χ3n) is 2.64. The maximum atomic E-state index is 9.13. The molecule has 1 heterocycles. The highest BCUT2D eigenvalue weighted by Crippen LogP contribution is 2.16. The van der Waals surface area contributed by atoms with Crippen LogP contribution in [0.1, 0.15) is 19.2 Å². The monoisotopic (exact) mass is 269 g/mol. The Morgan fingerprint density at radius 3 is 2.79 bits per heavy atom. The molecule has 1 aromatic rings. The second kappa shape index (κ2) is 8.63. The first kappa shape index (κ1) is 15.6. The van der Waals surface area contributed by atoms with Crippen LogP contribution in [0.2, 0.25) is 0 Å². The van der Waals surface area contributed by atoms with E-state index in [1.54, 1.807) is 13.2 Å². The number of hydrogen-bond acceptors (Lipinski definition) is 7. The molecule has 0 spiro atoms. The number of anilines is 2. The van der Waals surface area contributed by atoms with E-state index in [-0.39, 0.29) is 6.61 Å². The number of aryl methyl sites for hydroxylation is 1. The van der Waals surface area contributed by atoms with Crippen molar-refractivity contribution in [2.75, 3.05) is 43.7 Å². The first-order chi connectivity index (χ1) is 9.24. The van der Waals surface area contributed by atoms with Gasteiger partial charge in [0.25, 0.3) is 0 Å². The van der Waals surface area contributed by atoms with Gasteiger partial charge < -0.3 is 20.2 Å². The third-order valence-corrected chi connectivity index (χ3v) is 2.64. The van der Waals surface area contributed by atoms with Gasteiger partial charge in [-0.05, 0) is 6.42 Å². The molecule has 0 unspecified atom stereocenters. The highest BCUT2D eigenvalue weighted by Gasteiger charge is 2.11. The smallest absolute Gasteiger partial charge is 0.145 e. The van der Waals surface area contributed by atoms with Crippen LogP contribution in [0.3, 0.4) is 0 Å². The maximum Gasteiger partial charge on any atom is 0.145 e. The molecule has 19 heavy (non-hydrogen) atoms. The number of methoxy groups -OCH3 is 1. The number of rotatable bonds is 9. The zero-order valence-corrected chi connectivity index (χ0v) is 11.6. The number of nitrogens with zero attached hydrogens (tertiary/aromatic N) is 3. The van der Waals surface area contributed by atoms with Gasteiger partial charge in [-0.2, -0.15) is 0 Å². The van der Waals surface area contributed by atoms with E-state index >= 15 is 0 Å². The fraction of sp³-hybridized carbons (Fsp3) is 0.667. The summed E-state index contributed by atoms with van der Waals surface area (Å²) >= 11 is 0. The van der Waals surface area contributed by atoms with E-state index in [9.17, 15) is 0 Å². The Morgan fingerprint density at radius 1 is 1.42 bits per heavy atom. The van der Waals surface area contributed by atoms with Crippen LogP contribution in [0.5, 0.6) is 0 Å². The van der Waals surface area contributed by atoms with Gasteiger partial charge >= 0.3 is 0 Å². The second-order valence-corrected chi connectivity index (χ2v) is 4.13. The summed E-state index contributed by atoms with van der Waals surface area (Å²) in [6, 6.07) is 1.77. The Hall–Kier alpha value is -1.44. The lowest BCUT2D eigenvalue weighted by atomic mass is 10.3. The summed E-state index contributed by atoms with van der Waals surface area (Å²) in [5.74, 6) is 7.49. The summed E-state index contributed by atoms with van der Waals surface area (Å²) in [6.45, 7) is 3.85. The topological polar surface area (TPSA) is 96.5 Å². The number of ether oxygens (including phenoxy) is 1. The first-order valence-corrected chi connectivity index (χ1v) is 6.44. The first-order valence-electron chi connectivity index (χ1n) is 6.44. The van der Waals surface area contributed by atoms with Crippen LogP contribution in [0.4, 0.5) is 11.6 Å². The molecule has 0 saturated carbocycles. The minimum atomic E-state index is 0.0578. The highest BCUT2D eigenvalue weighted by molar-refractivity contribution is 5.49. The number of aliphatic hydroxyl groups excluding tert-OH is 1. The van der Waals surface area contributed by atoms with Gasteiger partial charge in [0.05, 0.1) is 13.2 Å². The largest absolute Gasteiger partial charge is 0.395 e. The second-order valence-electron chi connectivity index (χ2n) is 4.13. The lowest BCUT2D eigenvalue weighted by molar-refractivity contribution is 0.202. The summed E-state index contributed by atoms with van der Waals surface area (Å²) in [4.78, 5) is 10.7. The Kier molecular flexibility index (Phi) is 7.09. The van der Waals surface area contributed by atoms with E-state index in [1.165, 1.54) is 0 Å². The molecule has 108 valence electrons. The Bertz CT molecular complexity index is 375. The molecule has 1 aromatic heterocycles. The van der Waals surface area contributed by atoms with Crippen LogP contribution in [0.15, 0.2) is 6.07 Å². The van der Waals surface area contributed by atoms with Crippen LogP contribution in [0.25, 0.3) is 0 Å². The van der Waals surface area contributed by atoms with E-state index in [2.05, 4.69) is 22.3 Å². The SMILES string of the molecule is CCCc1nc(NN)cc(N(CCO)CCOC)n1. The summed E-state index contributed by atoms with van der Waals surface area (Å²) in [6.07, 6.45) is 1.76. The minimum absolute atomic E-state index is 0.0578. The number of aromatic nitrogens is 2. The standard InChI is InChI=1S/C12H23N5O2/c1-3-4-10-14-11(16-13)9-12(15-10)17(5-7-18)6-8-19-2/h9,18H,3-8,13H2,1-2H3,(H,14,15,16). The molecule has 0 aliphatic rings. The molecular formula is C12H23N5O2. The van der Waals surface area contributed by atoms with Crippen LogP contribution in [0, 0.1) is 0 Å². The van der Waals surface area contributed by atoms with Crippen molar-refractivity contribution in [1.82, 2.24) is 9.97 Å². The summed E-state index contributed by atoms with van der Waals surface area (Å²) in [5, 5.41) is 9.13. The number of nitrogens with one attached hydrogen (secondary N) is 1. The lowest BCUT2D eigenvalue weighted by Crippen LogP contribution is -2.31. The maximum absolute atomic E-state index is 9.13. The molecule has 0 aromatic carbocycles. The molecule has 0 atom stereocenters. The van der Waals surface area contributed by atoms with Crippen molar-refractivity contribution in [2.45, 2.75) is 19.8 Å². The summed E-state index contributed by atoms with van der Waals surface area (Å²) in [5.41, 5.74) is 2.55. The van der Waals surface area contributed by atoms with E-state index in [4.69, 9.17) is 15.7 Å². The number of aliphatic hydroxyl groups is 1. The summed E-state index contributed by atoms with van der Waals surface area (Å²) in [7, 11) is 1.65. The van der Waals surface area contributed by atoms with Gasteiger partial charge in [0.2, 0.25) is 0 Å². The molecule has 0 aliphatic heterocycles. The van der Waals surface area contributed by atoms with Gasteiger partial charge in [-0.15, -0.1) is 0 Å². The number of nitrogens with two attached hydrogens (primary N) is 1. The molecular weight excluding hydrogens is 246 g/mol. The van der Waals surface area contributed by atoms with Crippen molar-refractivity contribution in [3.05, 3.63) is 11.9 Å². The summed E-state index contributed by atoms with van der Waals surface area (Å²) < 4.78 is 5.07. The van der Waals surface area contributed by atoms with Gasteiger partial charge in [-0.3, -0.25) is 0 Å². The van der Waals surface area contributed by atoms with Gasteiger partial charge in [-0.1, -0.05) is 6.92 Å². The minimum Gasteiger partial charge on any atom is -0.395 e. The molecule has 0 amide bonds. The molecule has 0 fully saturated rings. The van der Waals surface area contributed by atoms with Crippen LogP contribution >= 0.6 is 0 Å². The van der Waals surface area contributed by atoms with Crippen molar-refractivity contribution in [2.24, 2.45) is 5.84 Å².